The van der Waals surface area contributed by atoms with Gasteiger partial charge in [-0.3, -0.25) is 33.6 Å². The lowest BCUT2D eigenvalue weighted by Gasteiger charge is -2.46. The Balaban J connectivity index is 0.000000121. The molecular formula is C102H139FN14O14. The lowest BCUT2D eigenvalue weighted by atomic mass is 9.59. The molecule has 2 aromatic carbocycles. The van der Waals surface area contributed by atoms with Gasteiger partial charge in [0.1, 0.15) is 45.9 Å². The molecule has 0 radical (unpaired) electrons. The molecule has 10 aliphatic carbocycles. The van der Waals surface area contributed by atoms with Gasteiger partial charge in [-0.1, -0.05) is 171 Å². The summed E-state index contributed by atoms with van der Waals surface area (Å²) in [5, 5.41) is 44.9. The number of nitrogens with zero attached hydrogens (tertiary/aromatic N) is 6. The largest absolute Gasteiger partial charge is 0.466 e. The fraction of sp³-hybridized carbons (Fsp3) is 0.637. The molecule has 2 aliphatic heterocycles. The highest BCUT2D eigenvalue weighted by Crippen LogP contribution is 2.52. The molecule has 8 aromatic rings. The molecule has 20 rings (SSSR count). The van der Waals surface area contributed by atoms with Crippen molar-refractivity contribution in [2.75, 3.05) is 45.9 Å². The number of piperidine rings is 1. The van der Waals surface area contributed by atoms with Crippen molar-refractivity contribution in [3.8, 4) is 0 Å². The van der Waals surface area contributed by atoms with Crippen LogP contribution >= 0.6 is 0 Å². The van der Waals surface area contributed by atoms with E-state index in [0.717, 1.165) is 207 Å². The summed E-state index contributed by atoms with van der Waals surface area (Å²) in [6, 6.07) is 31.5. The first-order chi connectivity index (χ1) is 63.3. The van der Waals surface area contributed by atoms with Crippen LogP contribution in [0, 0.1) is 33.5 Å². The van der Waals surface area contributed by atoms with Crippen molar-refractivity contribution in [2.45, 2.75) is 332 Å². The van der Waals surface area contributed by atoms with Crippen LogP contribution in [0.5, 0.6) is 0 Å². The van der Waals surface area contributed by atoms with Crippen LogP contribution in [0.4, 0.5) is 4.39 Å². The molecule has 29 heteroatoms. The van der Waals surface area contributed by atoms with Gasteiger partial charge >= 0.3 is 5.97 Å². The van der Waals surface area contributed by atoms with Gasteiger partial charge in [0.2, 0.25) is 0 Å². The first-order valence-electron chi connectivity index (χ1n) is 49.2. The molecule has 0 bridgehead atoms. The molecule has 0 spiro atoms. The lowest BCUT2D eigenvalue weighted by Crippen LogP contribution is -2.50. The molecule has 6 aromatic heterocycles. The molecule has 5 atom stereocenters. The highest BCUT2D eigenvalue weighted by Gasteiger charge is 2.45. The monoisotopic (exact) mass is 1800 g/mol. The van der Waals surface area contributed by atoms with Gasteiger partial charge in [-0.2, -0.15) is 0 Å². The number of hydrogen-bond donors (Lipinski definition) is 8. The maximum Gasteiger partial charge on any atom is 0.313 e. The number of amides is 5. The van der Waals surface area contributed by atoms with Crippen molar-refractivity contribution < 1.29 is 69.8 Å². The van der Waals surface area contributed by atoms with Crippen molar-refractivity contribution in [3.05, 3.63) is 177 Å². The fourth-order valence-corrected chi connectivity index (χ4v) is 20.1. The zero-order valence-corrected chi connectivity index (χ0v) is 77.7. The molecule has 5 amide bonds. The fourth-order valence-electron chi connectivity index (χ4n) is 20.1. The van der Waals surface area contributed by atoms with E-state index in [9.17, 15) is 38.0 Å². The Morgan fingerprint density at radius 3 is 1.26 bits per heavy atom. The average molecular weight is 1800 g/mol. The number of ether oxygens (including phenoxy) is 1. The van der Waals surface area contributed by atoms with E-state index in [-0.39, 0.29) is 89.3 Å². The molecule has 8 heterocycles. The minimum atomic E-state index is -1.24. The summed E-state index contributed by atoms with van der Waals surface area (Å²) >= 11 is 0. The van der Waals surface area contributed by atoms with E-state index in [1.54, 1.807) is 37.3 Å². The van der Waals surface area contributed by atoms with Gasteiger partial charge in [0.25, 0.3) is 29.5 Å². The topological polar surface area (TPSA) is 395 Å². The maximum absolute atomic E-state index is 14.3. The number of hydrogen-bond acceptors (Lipinski definition) is 23. The van der Waals surface area contributed by atoms with Crippen LogP contribution in [0.15, 0.2) is 124 Å². The molecule has 4 unspecified atom stereocenters. The van der Waals surface area contributed by atoms with Crippen LogP contribution in [-0.4, -0.2) is 136 Å². The standard InChI is InChI=1S/C20H25N3O2.C19H29NO2.C18H21N3O2.C16H23N3O4.C15H22N2O2.C14H19FN2O2/c21-16-10-8-15(9-11-16)19(14-4-2-1-3-5-14)22-20(24)17-12-18(25-23-17)13-6-7-13;1-5-19(4)11-13(10-18(2,3)12-19)8-16(21)15-9-17(22-20-15)14-6-7-14;22-18(15-11-16(23-21-15)12-8-9-12)20-17(14-7-4-10-19-14)13-5-2-1-3-6-13;1-2-22-15(21)16(5-7-17-8-6-16)10-18-14(20)12-9-13(23-19-12)11-3-4-11;1-15(7-3-2-4-8-15)10-16-14(18)12-9-13(19-17-12)11-5-6-11;15-14(6-2-1-3-7-14)9-16-13(18)11-8-12(19-17-11)10-4-5-10/h1-5,12-13,15-16,19H,6-11,21H2,(H,22,24);9,13-14H,5-8,10-12H2,1-4H3;1-3,5-6,11-12,14,17,19H,4,7-10H2,(H,20,22);9,11,17H,2-8,10H2,1H3,(H,18,20);9,11H,2-8,10H2,1H3,(H,16,18);8,10H,1-7,9H2,(H,16,18)/t;;14-,17?;;;/m..0.../s1. The van der Waals surface area contributed by atoms with E-state index in [2.05, 4.69) is 127 Å². The smallest absolute Gasteiger partial charge is 0.313 e. The number of nitrogens with two attached hydrogens (primary N) is 1. The third kappa shape index (κ3) is 27.4. The number of halogens is 1. The molecule has 10 saturated carbocycles. The number of carbonyl (C=O) groups excluding carboxylic acids is 7. The summed E-state index contributed by atoms with van der Waals surface area (Å²) in [7, 11) is 0. The number of alkyl halides is 1. The Kier molecular flexibility index (Phi) is 32.0. The zero-order valence-electron chi connectivity index (χ0n) is 77.7. The summed E-state index contributed by atoms with van der Waals surface area (Å²) in [5.74, 6) is 7.55. The van der Waals surface area contributed by atoms with Gasteiger partial charge in [0.15, 0.2) is 34.3 Å². The van der Waals surface area contributed by atoms with Gasteiger partial charge in [0, 0.05) is 103 Å². The summed E-state index contributed by atoms with van der Waals surface area (Å²) in [6.45, 7) is 17.3. The summed E-state index contributed by atoms with van der Waals surface area (Å²) in [6.07, 6.45) is 36.8. The molecular weight excluding hydrogens is 1660 g/mol. The van der Waals surface area contributed by atoms with Crippen LogP contribution in [0.1, 0.15) is 422 Å². The summed E-state index contributed by atoms with van der Waals surface area (Å²) < 4.78 is 51.0. The molecule has 9 N–H and O–H groups in total. The van der Waals surface area contributed by atoms with E-state index in [4.69, 9.17) is 37.6 Å². The Morgan fingerprint density at radius 2 is 0.840 bits per heavy atom. The molecule has 12 fully saturated rings. The van der Waals surface area contributed by atoms with Crippen LogP contribution in [-0.2, 0) is 9.53 Å². The quantitative estimate of drug-likeness (QED) is 0.0159. The van der Waals surface area contributed by atoms with E-state index in [1.165, 1.54) is 57.8 Å². The van der Waals surface area contributed by atoms with Crippen molar-refractivity contribution >= 4 is 41.3 Å². The van der Waals surface area contributed by atoms with E-state index < -0.39 is 11.1 Å². The van der Waals surface area contributed by atoms with E-state index in [0.29, 0.717) is 126 Å². The number of carbonyl (C=O) groups is 7. The first-order valence-corrected chi connectivity index (χ1v) is 49.2. The Morgan fingerprint density at radius 1 is 0.443 bits per heavy atom. The molecule has 131 heavy (non-hydrogen) atoms. The second-order valence-corrected chi connectivity index (χ2v) is 41.2. The van der Waals surface area contributed by atoms with E-state index >= 15 is 0 Å². The van der Waals surface area contributed by atoms with E-state index in [1.807, 2.05) is 42.5 Å². The minimum Gasteiger partial charge on any atom is -0.466 e. The van der Waals surface area contributed by atoms with Crippen LogP contribution in [0.3, 0.4) is 0 Å². The summed E-state index contributed by atoms with van der Waals surface area (Å²) in [5.41, 5.74) is 9.67. The molecule has 708 valence electrons. The molecule has 28 nitrogen and oxygen atoms in total. The minimum absolute atomic E-state index is 0.0118. The van der Waals surface area contributed by atoms with Crippen molar-refractivity contribution in [1.29, 1.82) is 0 Å². The molecule has 2 saturated heterocycles. The number of aromatic nitrogens is 6. The van der Waals surface area contributed by atoms with Gasteiger partial charge < -0.3 is 74.8 Å². The number of nitrogens with one attached hydrogen (secondary N) is 7. The lowest BCUT2D eigenvalue weighted by molar-refractivity contribution is -0.156. The predicted octanol–water partition coefficient (Wildman–Crippen LogP) is 19.1. The Hall–Kier alpha value is -10.0. The highest BCUT2D eigenvalue weighted by atomic mass is 19.1. The van der Waals surface area contributed by atoms with Gasteiger partial charge in [0.05, 0.1) is 30.7 Å². The van der Waals surface area contributed by atoms with Crippen LogP contribution in [0.25, 0.3) is 0 Å². The van der Waals surface area contributed by atoms with Gasteiger partial charge in [-0.05, 0) is 239 Å². The number of esters is 1. The normalized spacial score (nSPS) is 23.8. The average Bonchev–Trinajstić information content (AvgIpc) is 1.14. The van der Waals surface area contributed by atoms with Gasteiger partial charge in [-0.15, -0.1) is 0 Å². The maximum atomic E-state index is 14.3. The van der Waals surface area contributed by atoms with Crippen LogP contribution in [0.2, 0.25) is 0 Å². The number of rotatable bonds is 29. The van der Waals surface area contributed by atoms with Crippen molar-refractivity contribution in [2.24, 2.45) is 39.2 Å². The van der Waals surface area contributed by atoms with Crippen molar-refractivity contribution in [1.82, 2.24) is 68.2 Å². The second-order valence-electron chi connectivity index (χ2n) is 41.2. The first kappa shape index (κ1) is 95.6. The summed E-state index contributed by atoms with van der Waals surface area (Å²) in [4.78, 5) is 86.4. The van der Waals surface area contributed by atoms with Crippen LogP contribution < -0.4 is 43.0 Å². The third-order valence-corrected chi connectivity index (χ3v) is 28.9. The molecule has 12 aliphatic rings. The second kappa shape index (κ2) is 43.8. The Bertz CT molecular complexity index is 4950. The third-order valence-electron chi connectivity index (χ3n) is 28.9. The SMILES string of the molecule is CC1(CNC(=O)c2cc(C3CC3)on2)CCCCC1.CCC1(C)CC(CC(=O)c2cc(C3CC3)on2)CC(C)(C)C1.CCOC(=O)C1(CNC(=O)c2cc(C3CC3)on2)CCNCC1.NC1CCC(C(NC(=O)c2cc(C3CC3)on2)c2ccccc2)CC1.O=C(NC(c1ccccc1)[C@@H]1CCCN1)c1cc(C2CC2)on1.O=C(NCC1(F)CCCCC1)c1cc(C2CC2)on1. The number of ketones is 1. The van der Waals surface area contributed by atoms with Crippen molar-refractivity contribution in [3.63, 3.8) is 0 Å². The van der Waals surface area contributed by atoms with Gasteiger partial charge in [-0.25, -0.2) is 4.39 Å². The predicted molar refractivity (Wildman–Crippen MR) is 490 cm³/mol. The number of benzene rings is 2. The zero-order chi connectivity index (χ0) is 91.7. The highest BCUT2D eigenvalue weighted by molar-refractivity contribution is 5.96. The Labute approximate surface area is 768 Å². The number of Topliss-reactive ketones (excluding diaryl/α,β-unsaturated/α-hetero) is 1.